The number of rotatable bonds is 4. The van der Waals surface area contributed by atoms with Crippen LogP contribution >= 0.6 is 11.3 Å². The Morgan fingerprint density at radius 3 is 2.93 bits per heavy atom. The highest BCUT2D eigenvalue weighted by Gasteiger charge is 2.38. The number of hydrogen-bond donors (Lipinski definition) is 1. The summed E-state index contributed by atoms with van der Waals surface area (Å²) in [5.74, 6) is 0.713. The van der Waals surface area contributed by atoms with Crippen LogP contribution in [0.4, 0.5) is 0 Å². The molecule has 2 aliphatic rings. The zero-order valence-electron chi connectivity index (χ0n) is 14.6. The van der Waals surface area contributed by atoms with Gasteiger partial charge >= 0.3 is 5.97 Å². The van der Waals surface area contributed by atoms with E-state index in [1.54, 1.807) is 11.3 Å². The van der Waals surface area contributed by atoms with Crippen molar-refractivity contribution in [2.24, 2.45) is 0 Å². The summed E-state index contributed by atoms with van der Waals surface area (Å²) in [6, 6.07) is 13.6. The minimum absolute atomic E-state index is 0.126. The average Bonchev–Trinajstić information content (AvgIpc) is 3.42. The van der Waals surface area contributed by atoms with Crippen molar-refractivity contribution >= 4 is 27.4 Å². The second-order valence-corrected chi connectivity index (χ2v) is 7.85. The van der Waals surface area contributed by atoms with Crippen LogP contribution in [0.5, 0.6) is 11.5 Å². The summed E-state index contributed by atoms with van der Waals surface area (Å²) < 4.78 is 12.2. The molecule has 0 bridgehead atoms. The molecular weight excluding hydrogens is 362 g/mol. The van der Waals surface area contributed by atoms with Crippen LogP contribution < -0.4 is 9.47 Å². The van der Waals surface area contributed by atoms with Gasteiger partial charge in [0.2, 0.25) is 6.79 Å². The van der Waals surface area contributed by atoms with E-state index in [9.17, 15) is 9.90 Å². The minimum atomic E-state index is -0.752. The summed E-state index contributed by atoms with van der Waals surface area (Å²) in [6.07, 6.45) is 1.57. The Balaban J connectivity index is 1.67. The maximum absolute atomic E-state index is 11.9. The van der Waals surface area contributed by atoms with E-state index in [-0.39, 0.29) is 12.8 Å². The molecule has 138 valence electrons. The normalized spacial score (nSPS) is 20.2. The maximum atomic E-state index is 11.9. The van der Waals surface area contributed by atoms with Crippen molar-refractivity contribution in [3.63, 3.8) is 0 Å². The molecule has 2 aliphatic heterocycles. The van der Waals surface area contributed by atoms with Gasteiger partial charge in [-0.3, -0.25) is 9.69 Å². The SMILES string of the molecule is O=C(O)C1CCCN1C(c1ccc2c(c1)OCO2)c1csc2ccccc12. The summed E-state index contributed by atoms with van der Waals surface area (Å²) in [4.78, 5) is 14.0. The van der Waals surface area contributed by atoms with E-state index in [0.717, 1.165) is 35.6 Å². The lowest BCUT2D eigenvalue weighted by Crippen LogP contribution is -2.39. The number of thiophene rings is 1. The lowest BCUT2D eigenvalue weighted by atomic mass is 9.95. The predicted molar refractivity (Wildman–Crippen MR) is 104 cm³/mol. The van der Waals surface area contributed by atoms with Gasteiger partial charge in [0.05, 0.1) is 6.04 Å². The van der Waals surface area contributed by atoms with Gasteiger partial charge in [-0.15, -0.1) is 11.3 Å². The molecule has 0 saturated carbocycles. The minimum Gasteiger partial charge on any atom is -0.480 e. The van der Waals surface area contributed by atoms with Crippen molar-refractivity contribution in [3.05, 3.63) is 59.0 Å². The third kappa shape index (κ3) is 2.76. The van der Waals surface area contributed by atoms with Crippen LogP contribution in [0.3, 0.4) is 0 Å². The summed E-state index contributed by atoms with van der Waals surface area (Å²) in [5.41, 5.74) is 2.19. The number of aliphatic carboxylic acids is 1. The molecule has 5 nitrogen and oxygen atoms in total. The molecule has 2 aromatic carbocycles. The Labute approximate surface area is 160 Å². The van der Waals surface area contributed by atoms with Gasteiger partial charge in [-0.05, 0) is 52.9 Å². The van der Waals surface area contributed by atoms with Crippen molar-refractivity contribution in [3.8, 4) is 11.5 Å². The molecule has 0 spiro atoms. The van der Waals surface area contributed by atoms with Gasteiger partial charge < -0.3 is 14.6 Å². The van der Waals surface area contributed by atoms with Gasteiger partial charge in [0, 0.05) is 11.2 Å². The second kappa shape index (κ2) is 6.55. The van der Waals surface area contributed by atoms with Gasteiger partial charge in [-0.2, -0.15) is 0 Å². The average molecular weight is 381 g/mol. The van der Waals surface area contributed by atoms with E-state index in [2.05, 4.69) is 22.4 Å². The summed E-state index contributed by atoms with van der Waals surface area (Å²) in [7, 11) is 0. The van der Waals surface area contributed by atoms with Crippen LogP contribution in [0.15, 0.2) is 47.8 Å². The van der Waals surface area contributed by atoms with Crippen molar-refractivity contribution in [1.29, 1.82) is 0 Å². The maximum Gasteiger partial charge on any atom is 0.320 e. The topological polar surface area (TPSA) is 59.0 Å². The monoisotopic (exact) mass is 381 g/mol. The Bertz CT molecular complexity index is 1010. The molecule has 5 rings (SSSR count). The zero-order chi connectivity index (χ0) is 18.4. The number of hydrogen-bond acceptors (Lipinski definition) is 5. The molecule has 3 aromatic rings. The number of fused-ring (bicyclic) bond motifs is 2. The van der Waals surface area contributed by atoms with E-state index < -0.39 is 12.0 Å². The summed E-state index contributed by atoms with van der Waals surface area (Å²) >= 11 is 1.70. The smallest absolute Gasteiger partial charge is 0.320 e. The number of carboxylic acids is 1. The summed E-state index contributed by atoms with van der Waals surface area (Å²) in [6.45, 7) is 0.993. The molecule has 0 amide bonds. The highest BCUT2D eigenvalue weighted by Crippen LogP contribution is 2.43. The fourth-order valence-corrected chi connectivity index (χ4v) is 5.19. The van der Waals surface area contributed by atoms with Crippen LogP contribution in [0.1, 0.15) is 30.0 Å². The lowest BCUT2D eigenvalue weighted by Gasteiger charge is -2.31. The Hall–Kier alpha value is -2.57. The molecule has 1 saturated heterocycles. The lowest BCUT2D eigenvalue weighted by molar-refractivity contribution is -0.142. The quantitative estimate of drug-likeness (QED) is 0.731. The van der Waals surface area contributed by atoms with Gasteiger partial charge in [0.15, 0.2) is 11.5 Å². The van der Waals surface area contributed by atoms with Crippen molar-refractivity contribution in [1.82, 2.24) is 4.90 Å². The first-order valence-electron chi connectivity index (χ1n) is 9.06. The van der Waals surface area contributed by atoms with Gasteiger partial charge in [-0.1, -0.05) is 24.3 Å². The van der Waals surface area contributed by atoms with Crippen LogP contribution in [-0.4, -0.2) is 35.4 Å². The Kier molecular flexibility index (Phi) is 4.02. The first kappa shape index (κ1) is 16.6. The Morgan fingerprint density at radius 1 is 1.19 bits per heavy atom. The fraction of sp³-hybridized carbons (Fsp3) is 0.286. The third-order valence-corrected chi connectivity index (χ3v) is 6.41. The van der Waals surface area contributed by atoms with Crippen LogP contribution in [0, 0.1) is 0 Å². The van der Waals surface area contributed by atoms with E-state index in [0.29, 0.717) is 6.42 Å². The molecule has 6 heteroatoms. The highest BCUT2D eigenvalue weighted by molar-refractivity contribution is 7.17. The number of likely N-dealkylation sites (tertiary alicyclic amines) is 1. The van der Waals surface area contributed by atoms with Gasteiger partial charge in [0.1, 0.15) is 6.04 Å². The van der Waals surface area contributed by atoms with E-state index in [4.69, 9.17) is 9.47 Å². The van der Waals surface area contributed by atoms with Gasteiger partial charge in [-0.25, -0.2) is 0 Å². The molecule has 0 radical (unpaired) electrons. The molecule has 27 heavy (non-hydrogen) atoms. The first-order chi connectivity index (χ1) is 13.2. The third-order valence-electron chi connectivity index (χ3n) is 5.43. The molecule has 2 atom stereocenters. The van der Waals surface area contributed by atoms with E-state index in [1.807, 2.05) is 30.3 Å². The number of ether oxygens (including phenoxy) is 2. The van der Waals surface area contributed by atoms with Crippen molar-refractivity contribution in [2.45, 2.75) is 24.9 Å². The number of carboxylic acid groups (broad SMARTS) is 1. The van der Waals surface area contributed by atoms with Crippen molar-refractivity contribution < 1.29 is 19.4 Å². The second-order valence-electron chi connectivity index (χ2n) is 6.94. The molecule has 2 unspecified atom stereocenters. The molecule has 0 aliphatic carbocycles. The Morgan fingerprint density at radius 2 is 2.04 bits per heavy atom. The van der Waals surface area contributed by atoms with Crippen LogP contribution in [0.25, 0.3) is 10.1 Å². The summed E-state index contributed by atoms with van der Waals surface area (Å²) in [5, 5.41) is 13.1. The number of carbonyl (C=O) groups is 1. The van der Waals surface area contributed by atoms with Crippen molar-refractivity contribution in [2.75, 3.05) is 13.3 Å². The predicted octanol–water partition coefficient (Wildman–Crippen LogP) is 4.27. The van der Waals surface area contributed by atoms with Gasteiger partial charge in [0.25, 0.3) is 0 Å². The molecular formula is C21H19NO4S. The van der Waals surface area contributed by atoms with Crippen LogP contribution in [0.2, 0.25) is 0 Å². The van der Waals surface area contributed by atoms with E-state index >= 15 is 0 Å². The largest absolute Gasteiger partial charge is 0.480 e. The zero-order valence-corrected chi connectivity index (χ0v) is 15.4. The van der Waals surface area contributed by atoms with Crippen LogP contribution in [-0.2, 0) is 4.79 Å². The number of benzene rings is 2. The first-order valence-corrected chi connectivity index (χ1v) is 9.94. The standard InChI is InChI=1S/C21H19NO4S/c23-21(24)16-5-3-9-22(16)20(13-7-8-17-18(10-13)26-12-25-17)15-11-27-19-6-2-1-4-14(15)19/h1-2,4,6-8,10-11,16,20H,3,5,9,12H2,(H,23,24). The molecule has 1 aromatic heterocycles. The molecule has 3 heterocycles. The molecule has 1 N–H and O–H groups in total. The molecule has 1 fully saturated rings. The number of nitrogens with zero attached hydrogens (tertiary/aromatic N) is 1. The van der Waals surface area contributed by atoms with E-state index in [1.165, 1.54) is 10.1 Å². The fourth-order valence-electron chi connectivity index (χ4n) is 4.21. The highest BCUT2D eigenvalue weighted by atomic mass is 32.1.